The molecule has 0 spiro atoms. The van der Waals surface area contributed by atoms with Crippen LogP contribution in [0.4, 0.5) is 17.8 Å². The van der Waals surface area contributed by atoms with Crippen molar-refractivity contribution in [3.8, 4) is 0 Å². The maximum absolute atomic E-state index is 5.81. The number of anilines is 3. The van der Waals surface area contributed by atoms with Crippen molar-refractivity contribution in [3.63, 3.8) is 0 Å². The molecular formula is C13H24N6S. The van der Waals surface area contributed by atoms with Gasteiger partial charge in [-0.1, -0.05) is 0 Å². The Morgan fingerprint density at radius 2 is 2.00 bits per heavy atom. The molecule has 1 saturated heterocycles. The second-order valence-electron chi connectivity index (χ2n) is 5.19. The molecule has 1 aliphatic rings. The maximum Gasteiger partial charge on any atom is 0.231 e. The molecule has 2 rings (SSSR count). The van der Waals surface area contributed by atoms with Crippen LogP contribution in [0.1, 0.15) is 32.6 Å². The van der Waals surface area contributed by atoms with Crippen LogP contribution in [0.25, 0.3) is 0 Å². The highest BCUT2D eigenvalue weighted by atomic mass is 32.2. The van der Waals surface area contributed by atoms with E-state index in [2.05, 4.69) is 38.3 Å². The molecule has 7 heteroatoms. The molecule has 0 bridgehead atoms. The van der Waals surface area contributed by atoms with Gasteiger partial charge < -0.3 is 16.0 Å². The van der Waals surface area contributed by atoms with Gasteiger partial charge in [0, 0.05) is 19.1 Å². The average Bonchev–Trinajstić information content (AvgIpc) is 2.45. The first kappa shape index (κ1) is 15.2. The minimum Gasteiger partial charge on any atom is -0.368 e. The van der Waals surface area contributed by atoms with Gasteiger partial charge in [-0.2, -0.15) is 26.7 Å². The quantitative estimate of drug-likeness (QED) is 0.831. The molecule has 2 heterocycles. The molecule has 0 radical (unpaired) electrons. The number of hydrogen-bond donors (Lipinski definition) is 2. The Balaban J connectivity index is 2.03. The maximum atomic E-state index is 5.81. The lowest BCUT2D eigenvalue weighted by Gasteiger charge is -2.27. The third-order valence-electron chi connectivity index (χ3n) is 3.41. The fourth-order valence-corrected chi connectivity index (χ4v) is 2.86. The number of aromatic nitrogens is 3. The lowest BCUT2D eigenvalue weighted by Crippen LogP contribution is -2.32. The van der Waals surface area contributed by atoms with Crippen LogP contribution in [0.3, 0.4) is 0 Å². The molecular weight excluding hydrogens is 272 g/mol. The van der Waals surface area contributed by atoms with Gasteiger partial charge in [0.2, 0.25) is 17.8 Å². The third-order valence-corrected chi connectivity index (χ3v) is 4.05. The molecule has 0 aliphatic carbocycles. The summed E-state index contributed by atoms with van der Waals surface area (Å²) in [7, 11) is 0. The normalized spacial score (nSPS) is 17.0. The SMILES string of the molecule is CSCCC(C)Nc1nc(N)nc(N2CCCCC2)n1. The zero-order valence-electron chi connectivity index (χ0n) is 12.3. The van der Waals surface area contributed by atoms with Crippen LogP contribution in [0.15, 0.2) is 0 Å². The number of nitrogens with zero attached hydrogens (tertiary/aromatic N) is 4. The van der Waals surface area contributed by atoms with Gasteiger partial charge in [-0.05, 0) is 44.6 Å². The van der Waals surface area contributed by atoms with Crippen LogP contribution in [0.2, 0.25) is 0 Å². The molecule has 0 saturated carbocycles. The smallest absolute Gasteiger partial charge is 0.231 e. The highest BCUT2D eigenvalue weighted by Crippen LogP contribution is 2.18. The lowest BCUT2D eigenvalue weighted by molar-refractivity contribution is 0.567. The van der Waals surface area contributed by atoms with E-state index in [1.165, 1.54) is 19.3 Å². The van der Waals surface area contributed by atoms with Crippen molar-refractivity contribution in [2.75, 3.05) is 41.0 Å². The van der Waals surface area contributed by atoms with Gasteiger partial charge >= 0.3 is 0 Å². The Bertz CT molecular complexity index is 421. The topological polar surface area (TPSA) is 80.0 Å². The standard InChI is InChI=1S/C13H24N6S/c1-10(6-9-20-2)15-12-16-11(14)17-13(18-12)19-7-4-3-5-8-19/h10H,3-9H2,1-2H3,(H3,14,15,16,17,18). The summed E-state index contributed by atoms with van der Waals surface area (Å²) < 4.78 is 0. The molecule has 3 N–H and O–H groups in total. The van der Waals surface area contributed by atoms with Crippen LogP contribution in [0, 0.1) is 0 Å². The molecule has 112 valence electrons. The van der Waals surface area contributed by atoms with Gasteiger partial charge in [-0.3, -0.25) is 0 Å². The minimum absolute atomic E-state index is 0.292. The average molecular weight is 296 g/mol. The molecule has 0 aromatic carbocycles. The van der Waals surface area contributed by atoms with Gasteiger partial charge in [0.1, 0.15) is 0 Å². The fraction of sp³-hybridized carbons (Fsp3) is 0.769. The van der Waals surface area contributed by atoms with E-state index in [9.17, 15) is 0 Å². The van der Waals surface area contributed by atoms with E-state index < -0.39 is 0 Å². The van der Waals surface area contributed by atoms with Gasteiger partial charge in [-0.15, -0.1) is 0 Å². The predicted molar refractivity (Wildman–Crippen MR) is 86.4 cm³/mol. The number of nitrogen functional groups attached to an aromatic ring is 1. The summed E-state index contributed by atoms with van der Waals surface area (Å²) in [5.74, 6) is 2.71. The van der Waals surface area contributed by atoms with Crippen molar-refractivity contribution in [1.29, 1.82) is 0 Å². The summed E-state index contributed by atoms with van der Waals surface area (Å²) in [4.78, 5) is 15.2. The summed E-state index contributed by atoms with van der Waals surface area (Å²) in [5, 5.41) is 3.31. The molecule has 1 aromatic rings. The van der Waals surface area contributed by atoms with Crippen LogP contribution in [-0.2, 0) is 0 Å². The fourth-order valence-electron chi connectivity index (χ4n) is 2.27. The highest BCUT2D eigenvalue weighted by Gasteiger charge is 2.16. The van der Waals surface area contributed by atoms with E-state index in [0.29, 0.717) is 23.9 Å². The van der Waals surface area contributed by atoms with E-state index in [1.54, 1.807) is 0 Å². The summed E-state index contributed by atoms with van der Waals surface area (Å²) in [5.41, 5.74) is 5.81. The number of rotatable bonds is 6. The van der Waals surface area contributed by atoms with Gasteiger partial charge in [-0.25, -0.2) is 0 Å². The molecule has 1 atom stereocenters. The number of nitrogens with one attached hydrogen (secondary N) is 1. The Hall–Kier alpha value is -1.24. The monoisotopic (exact) mass is 296 g/mol. The van der Waals surface area contributed by atoms with Crippen molar-refractivity contribution in [1.82, 2.24) is 15.0 Å². The molecule has 1 fully saturated rings. The summed E-state index contributed by atoms with van der Waals surface area (Å²) in [6.45, 7) is 4.15. The first-order valence-electron chi connectivity index (χ1n) is 7.21. The predicted octanol–water partition coefficient (Wildman–Crippen LogP) is 2.00. The van der Waals surface area contributed by atoms with Crippen molar-refractivity contribution in [2.24, 2.45) is 0 Å². The second kappa shape index (κ2) is 7.52. The van der Waals surface area contributed by atoms with Gasteiger partial charge in [0.05, 0.1) is 0 Å². The Labute approximate surface area is 125 Å². The van der Waals surface area contributed by atoms with Crippen molar-refractivity contribution >= 4 is 29.6 Å². The molecule has 20 heavy (non-hydrogen) atoms. The molecule has 1 aliphatic heterocycles. The number of nitrogens with two attached hydrogens (primary N) is 1. The number of thioether (sulfide) groups is 1. The van der Waals surface area contributed by atoms with E-state index in [-0.39, 0.29) is 0 Å². The summed E-state index contributed by atoms with van der Waals surface area (Å²) >= 11 is 1.84. The number of piperidine rings is 1. The first-order chi connectivity index (χ1) is 9.69. The molecule has 6 nitrogen and oxygen atoms in total. The largest absolute Gasteiger partial charge is 0.368 e. The van der Waals surface area contributed by atoms with Crippen LogP contribution in [0.5, 0.6) is 0 Å². The van der Waals surface area contributed by atoms with E-state index >= 15 is 0 Å². The summed E-state index contributed by atoms with van der Waals surface area (Å²) in [6, 6.07) is 0.332. The second-order valence-corrected chi connectivity index (χ2v) is 6.18. The Morgan fingerprint density at radius 3 is 2.70 bits per heavy atom. The van der Waals surface area contributed by atoms with E-state index in [0.717, 1.165) is 25.3 Å². The van der Waals surface area contributed by atoms with Crippen LogP contribution >= 0.6 is 11.8 Å². The Kier molecular flexibility index (Phi) is 5.70. The van der Waals surface area contributed by atoms with Crippen LogP contribution in [-0.4, -0.2) is 46.1 Å². The van der Waals surface area contributed by atoms with Crippen molar-refractivity contribution < 1.29 is 0 Å². The van der Waals surface area contributed by atoms with E-state index in [1.807, 2.05) is 11.8 Å². The van der Waals surface area contributed by atoms with E-state index in [4.69, 9.17) is 5.73 Å². The lowest BCUT2D eigenvalue weighted by atomic mass is 10.1. The zero-order valence-corrected chi connectivity index (χ0v) is 13.1. The molecule has 0 amide bonds. The first-order valence-corrected chi connectivity index (χ1v) is 8.60. The van der Waals surface area contributed by atoms with Crippen LogP contribution < -0.4 is 16.0 Å². The number of hydrogen-bond acceptors (Lipinski definition) is 7. The zero-order chi connectivity index (χ0) is 14.4. The van der Waals surface area contributed by atoms with Crippen molar-refractivity contribution in [3.05, 3.63) is 0 Å². The van der Waals surface area contributed by atoms with Crippen molar-refractivity contribution in [2.45, 2.75) is 38.6 Å². The Morgan fingerprint density at radius 1 is 1.25 bits per heavy atom. The third kappa shape index (κ3) is 4.40. The highest BCUT2D eigenvalue weighted by molar-refractivity contribution is 7.98. The minimum atomic E-state index is 0.292. The van der Waals surface area contributed by atoms with Gasteiger partial charge in [0.25, 0.3) is 0 Å². The summed E-state index contributed by atoms with van der Waals surface area (Å²) in [6.07, 6.45) is 6.86. The van der Waals surface area contributed by atoms with Gasteiger partial charge in [0.15, 0.2) is 0 Å². The molecule has 1 unspecified atom stereocenters. The molecule has 1 aromatic heterocycles.